The second kappa shape index (κ2) is 9.32. The Kier molecular flexibility index (Phi) is 6.83. The molecule has 2 aromatic carbocycles. The first-order valence-corrected chi connectivity index (χ1v) is 9.84. The monoisotopic (exact) mass is 446 g/mol. The number of rotatable bonds is 5. The number of hydrogen-bond acceptors (Lipinski definition) is 5. The van der Waals surface area contributed by atoms with Crippen LogP contribution in [-0.4, -0.2) is 50.1 Å². The highest BCUT2D eigenvalue weighted by molar-refractivity contribution is 9.10. The van der Waals surface area contributed by atoms with Crippen molar-refractivity contribution in [3.8, 4) is 0 Å². The van der Waals surface area contributed by atoms with E-state index in [-0.39, 0.29) is 18.6 Å². The maximum absolute atomic E-state index is 12.6. The summed E-state index contributed by atoms with van der Waals surface area (Å²) in [4.78, 5) is 26.4. The molecule has 148 valence electrons. The van der Waals surface area contributed by atoms with Crippen LogP contribution in [0.25, 0.3) is 0 Å². The summed E-state index contributed by atoms with van der Waals surface area (Å²) in [5.74, 6) is -0.555. The number of carbonyl (C=O) groups is 2. The van der Waals surface area contributed by atoms with E-state index in [2.05, 4.69) is 26.1 Å². The van der Waals surface area contributed by atoms with Crippen LogP contribution in [0, 0.1) is 6.92 Å². The van der Waals surface area contributed by atoms with Crippen LogP contribution >= 0.6 is 15.9 Å². The van der Waals surface area contributed by atoms with Crippen molar-refractivity contribution in [2.45, 2.75) is 13.0 Å². The van der Waals surface area contributed by atoms with Gasteiger partial charge in [0.25, 0.3) is 0 Å². The molecule has 0 saturated carbocycles. The maximum atomic E-state index is 12.6. The van der Waals surface area contributed by atoms with Crippen molar-refractivity contribution in [2.75, 3.05) is 38.7 Å². The molecule has 1 N–H and O–H groups in total. The van der Waals surface area contributed by atoms with Crippen LogP contribution in [0.4, 0.5) is 5.69 Å². The molecular weight excluding hydrogens is 424 g/mol. The van der Waals surface area contributed by atoms with Crippen molar-refractivity contribution in [2.24, 2.45) is 0 Å². The molecule has 3 rings (SSSR count). The number of benzene rings is 2. The van der Waals surface area contributed by atoms with Crippen LogP contribution in [0.5, 0.6) is 0 Å². The third kappa shape index (κ3) is 5.19. The summed E-state index contributed by atoms with van der Waals surface area (Å²) in [7, 11) is 1.33. The highest BCUT2D eigenvalue weighted by Gasteiger charge is 2.24. The lowest BCUT2D eigenvalue weighted by Crippen LogP contribution is -2.42. The Bertz CT molecular complexity index is 871. The minimum atomic E-state index is -0.430. The molecule has 28 heavy (non-hydrogen) atoms. The van der Waals surface area contributed by atoms with Crippen molar-refractivity contribution in [3.05, 3.63) is 63.6 Å². The number of ether oxygens (including phenoxy) is 2. The SMILES string of the molecule is COC(=O)c1ccc(C)c(NC(=O)CN2CCOC(c3cccc(Br)c3)C2)c1. The number of anilines is 1. The predicted molar refractivity (Wildman–Crippen MR) is 110 cm³/mol. The first-order valence-electron chi connectivity index (χ1n) is 9.04. The van der Waals surface area contributed by atoms with Gasteiger partial charge in [-0.3, -0.25) is 9.69 Å². The molecule has 7 heteroatoms. The fourth-order valence-corrected chi connectivity index (χ4v) is 3.57. The van der Waals surface area contributed by atoms with Crippen molar-refractivity contribution in [3.63, 3.8) is 0 Å². The van der Waals surface area contributed by atoms with Crippen molar-refractivity contribution in [1.82, 2.24) is 4.90 Å². The van der Waals surface area contributed by atoms with E-state index < -0.39 is 5.97 Å². The summed E-state index contributed by atoms with van der Waals surface area (Å²) >= 11 is 3.48. The minimum Gasteiger partial charge on any atom is -0.465 e. The Labute approximate surface area is 172 Å². The van der Waals surface area contributed by atoms with Crippen LogP contribution in [0.15, 0.2) is 46.9 Å². The normalized spacial score (nSPS) is 17.2. The van der Waals surface area contributed by atoms with Gasteiger partial charge in [0, 0.05) is 23.2 Å². The Morgan fingerprint density at radius 1 is 1.29 bits per heavy atom. The Morgan fingerprint density at radius 3 is 2.86 bits per heavy atom. The van der Waals surface area contributed by atoms with Crippen LogP contribution in [0.1, 0.15) is 27.6 Å². The number of halogens is 1. The van der Waals surface area contributed by atoms with Gasteiger partial charge in [-0.15, -0.1) is 0 Å². The van der Waals surface area contributed by atoms with Crippen molar-refractivity contribution < 1.29 is 19.1 Å². The van der Waals surface area contributed by atoms with E-state index in [1.54, 1.807) is 18.2 Å². The van der Waals surface area contributed by atoms with Gasteiger partial charge in [-0.05, 0) is 42.3 Å². The zero-order valence-electron chi connectivity index (χ0n) is 15.9. The molecule has 0 aliphatic carbocycles. The van der Waals surface area contributed by atoms with E-state index in [1.807, 2.05) is 31.2 Å². The molecular formula is C21H23BrN2O4. The fourth-order valence-electron chi connectivity index (χ4n) is 3.15. The van der Waals surface area contributed by atoms with Gasteiger partial charge >= 0.3 is 5.97 Å². The topological polar surface area (TPSA) is 67.9 Å². The number of carbonyl (C=O) groups excluding carboxylic acids is 2. The Hall–Kier alpha value is -2.22. The maximum Gasteiger partial charge on any atom is 0.337 e. The number of morpholine rings is 1. The molecule has 1 unspecified atom stereocenters. The van der Waals surface area contributed by atoms with Gasteiger partial charge in [-0.25, -0.2) is 4.79 Å². The van der Waals surface area contributed by atoms with Gasteiger partial charge in [-0.2, -0.15) is 0 Å². The molecule has 6 nitrogen and oxygen atoms in total. The van der Waals surface area contributed by atoms with Gasteiger partial charge in [0.2, 0.25) is 5.91 Å². The predicted octanol–water partition coefficient (Wildman–Crippen LogP) is 3.56. The molecule has 0 spiro atoms. The molecule has 2 aromatic rings. The molecule has 0 bridgehead atoms. The van der Waals surface area contributed by atoms with Crippen molar-refractivity contribution in [1.29, 1.82) is 0 Å². The molecule has 1 atom stereocenters. The molecule has 1 aliphatic heterocycles. The molecule has 1 amide bonds. The summed E-state index contributed by atoms with van der Waals surface area (Å²) in [5.41, 5.74) is 2.99. The van der Waals surface area contributed by atoms with Gasteiger partial charge in [0.15, 0.2) is 0 Å². The smallest absolute Gasteiger partial charge is 0.337 e. The molecule has 1 fully saturated rings. The quantitative estimate of drug-likeness (QED) is 0.711. The lowest BCUT2D eigenvalue weighted by atomic mass is 10.1. The molecule has 0 radical (unpaired) electrons. The number of esters is 1. The summed E-state index contributed by atoms with van der Waals surface area (Å²) in [6.45, 7) is 4.05. The summed E-state index contributed by atoms with van der Waals surface area (Å²) in [6, 6.07) is 13.1. The van der Waals surface area contributed by atoms with Crippen LogP contribution in [-0.2, 0) is 14.3 Å². The molecule has 1 aliphatic rings. The molecule has 0 aromatic heterocycles. The number of aryl methyl sites for hydroxylation is 1. The average Bonchev–Trinajstić information content (AvgIpc) is 2.69. The Morgan fingerprint density at radius 2 is 2.11 bits per heavy atom. The first kappa shape index (κ1) is 20.5. The zero-order valence-corrected chi connectivity index (χ0v) is 17.5. The van der Waals surface area contributed by atoms with Gasteiger partial charge < -0.3 is 14.8 Å². The van der Waals surface area contributed by atoms with Gasteiger partial charge in [-0.1, -0.05) is 34.1 Å². The van der Waals surface area contributed by atoms with E-state index in [0.29, 0.717) is 30.9 Å². The summed E-state index contributed by atoms with van der Waals surface area (Å²) in [6.07, 6.45) is -0.0663. The average molecular weight is 447 g/mol. The first-order chi connectivity index (χ1) is 13.5. The highest BCUT2D eigenvalue weighted by Crippen LogP contribution is 2.25. The lowest BCUT2D eigenvalue weighted by molar-refractivity contribution is -0.119. The van der Waals surface area contributed by atoms with E-state index in [0.717, 1.165) is 15.6 Å². The van der Waals surface area contributed by atoms with Gasteiger partial charge in [0.05, 0.1) is 31.9 Å². The molecule has 1 heterocycles. The number of nitrogens with one attached hydrogen (secondary N) is 1. The zero-order chi connectivity index (χ0) is 20.1. The third-order valence-electron chi connectivity index (χ3n) is 4.67. The minimum absolute atomic E-state index is 0.0663. The van der Waals surface area contributed by atoms with E-state index in [1.165, 1.54) is 7.11 Å². The number of methoxy groups -OCH3 is 1. The second-order valence-electron chi connectivity index (χ2n) is 6.72. The Balaban J connectivity index is 1.62. The number of amides is 1. The highest BCUT2D eigenvalue weighted by atomic mass is 79.9. The third-order valence-corrected chi connectivity index (χ3v) is 5.16. The van der Waals surface area contributed by atoms with E-state index >= 15 is 0 Å². The van der Waals surface area contributed by atoms with Crippen LogP contribution in [0.2, 0.25) is 0 Å². The van der Waals surface area contributed by atoms with Crippen LogP contribution < -0.4 is 5.32 Å². The largest absolute Gasteiger partial charge is 0.465 e. The number of hydrogen-bond donors (Lipinski definition) is 1. The summed E-state index contributed by atoms with van der Waals surface area (Å²) < 4.78 is 11.6. The van der Waals surface area contributed by atoms with Crippen molar-refractivity contribution >= 4 is 33.5 Å². The molecule has 1 saturated heterocycles. The summed E-state index contributed by atoms with van der Waals surface area (Å²) in [5, 5.41) is 2.90. The fraction of sp³-hybridized carbons (Fsp3) is 0.333. The van der Waals surface area contributed by atoms with E-state index in [9.17, 15) is 9.59 Å². The van der Waals surface area contributed by atoms with Gasteiger partial charge in [0.1, 0.15) is 0 Å². The standard InChI is InChI=1S/C21H23BrN2O4/c1-14-6-7-16(21(26)27-2)11-18(14)23-20(25)13-24-8-9-28-19(12-24)15-4-3-5-17(22)10-15/h3-7,10-11,19H,8-9,12-13H2,1-2H3,(H,23,25). The number of nitrogens with zero attached hydrogens (tertiary/aromatic N) is 1. The lowest BCUT2D eigenvalue weighted by Gasteiger charge is -2.32. The van der Waals surface area contributed by atoms with Crippen LogP contribution in [0.3, 0.4) is 0 Å². The second-order valence-corrected chi connectivity index (χ2v) is 7.63. The van der Waals surface area contributed by atoms with E-state index in [4.69, 9.17) is 9.47 Å².